The van der Waals surface area contributed by atoms with Crippen LogP contribution in [0.5, 0.6) is 11.5 Å². The lowest BCUT2D eigenvalue weighted by Gasteiger charge is -2.16. The van der Waals surface area contributed by atoms with E-state index in [-0.39, 0.29) is 23.7 Å². The number of likely N-dealkylation sites (N-methyl/N-ethyl adjacent to an activating group) is 1. The van der Waals surface area contributed by atoms with Crippen LogP contribution in [-0.2, 0) is 11.3 Å². The van der Waals surface area contributed by atoms with Gasteiger partial charge < -0.3 is 24.4 Å². The van der Waals surface area contributed by atoms with Gasteiger partial charge in [0.1, 0.15) is 41.1 Å². The molecule has 0 atom stereocenters. The molecule has 2 aromatic heterocycles. The minimum absolute atomic E-state index is 0.192. The molecular formula is C21H26N4O5. The molecule has 0 spiro atoms. The summed E-state index contributed by atoms with van der Waals surface area (Å²) in [6.07, 6.45) is 0. The van der Waals surface area contributed by atoms with Crippen molar-refractivity contribution in [2.24, 2.45) is 0 Å². The van der Waals surface area contributed by atoms with Crippen molar-refractivity contribution >= 4 is 22.9 Å². The number of carbonyl (C=O) groups excluding carboxylic acids is 1. The standard InChI is InChI=1S/C21H26N4O5/c1-5-28-21(26)17-13(2)30-20-18(17)19(22)23-16(24-20)12-25(3)10-11-29-15-8-6-14(27-4)7-9-15/h6-9H,5,10-12H2,1-4H3,(H2,22,23,24). The van der Waals surface area contributed by atoms with E-state index in [4.69, 9.17) is 24.4 Å². The molecule has 2 N–H and O–H groups in total. The van der Waals surface area contributed by atoms with Gasteiger partial charge >= 0.3 is 5.97 Å². The summed E-state index contributed by atoms with van der Waals surface area (Å²) in [5, 5.41) is 0.389. The van der Waals surface area contributed by atoms with Gasteiger partial charge in [0.25, 0.3) is 0 Å². The van der Waals surface area contributed by atoms with Crippen molar-refractivity contribution in [2.75, 3.05) is 39.6 Å². The molecule has 0 saturated heterocycles. The number of fused-ring (bicyclic) bond motifs is 1. The normalized spacial score (nSPS) is 11.1. The summed E-state index contributed by atoms with van der Waals surface area (Å²) in [4.78, 5) is 23.0. The van der Waals surface area contributed by atoms with Gasteiger partial charge in [0.05, 0.1) is 25.6 Å². The van der Waals surface area contributed by atoms with E-state index in [1.54, 1.807) is 21.0 Å². The first-order chi connectivity index (χ1) is 14.4. The number of esters is 1. The van der Waals surface area contributed by atoms with Crippen molar-refractivity contribution in [1.29, 1.82) is 0 Å². The first-order valence-electron chi connectivity index (χ1n) is 9.61. The Kier molecular flexibility index (Phi) is 6.73. The van der Waals surface area contributed by atoms with Gasteiger partial charge in [-0.25, -0.2) is 9.78 Å². The maximum Gasteiger partial charge on any atom is 0.342 e. The summed E-state index contributed by atoms with van der Waals surface area (Å²) in [5.41, 5.74) is 6.66. The third-order valence-corrected chi connectivity index (χ3v) is 4.49. The molecule has 0 bridgehead atoms. The predicted molar refractivity (Wildman–Crippen MR) is 112 cm³/mol. The predicted octanol–water partition coefficient (Wildman–Crippen LogP) is 2.81. The maximum absolute atomic E-state index is 12.2. The molecule has 2 heterocycles. The van der Waals surface area contributed by atoms with Gasteiger partial charge in [0, 0.05) is 6.54 Å². The van der Waals surface area contributed by atoms with Crippen LogP contribution in [-0.4, -0.2) is 54.8 Å². The number of carbonyl (C=O) groups is 1. The second-order valence-corrected chi connectivity index (χ2v) is 6.72. The monoisotopic (exact) mass is 414 g/mol. The van der Waals surface area contributed by atoms with Gasteiger partial charge in [0.2, 0.25) is 5.71 Å². The second kappa shape index (κ2) is 9.45. The molecule has 1 aromatic carbocycles. The van der Waals surface area contributed by atoms with Crippen molar-refractivity contribution in [3.63, 3.8) is 0 Å². The number of furan rings is 1. The molecule has 9 heteroatoms. The average molecular weight is 414 g/mol. The minimum Gasteiger partial charge on any atom is -0.497 e. The summed E-state index contributed by atoms with van der Waals surface area (Å²) < 4.78 is 21.6. The van der Waals surface area contributed by atoms with Gasteiger partial charge in [-0.05, 0) is 45.2 Å². The van der Waals surface area contributed by atoms with E-state index < -0.39 is 5.97 Å². The van der Waals surface area contributed by atoms with Gasteiger partial charge in [-0.1, -0.05) is 0 Å². The largest absolute Gasteiger partial charge is 0.497 e. The number of hydrogen-bond donors (Lipinski definition) is 1. The van der Waals surface area contributed by atoms with E-state index in [9.17, 15) is 4.79 Å². The first-order valence-corrected chi connectivity index (χ1v) is 9.61. The Morgan fingerprint density at radius 1 is 1.20 bits per heavy atom. The Labute approximate surface area is 174 Å². The molecule has 0 saturated carbocycles. The van der Waals surface area contributed by atoms with E-state index in [1.807, 2.05) is 36.2 Å². The fraction of sp³-hybridized carbons (Fsp3) is 0.381. The number of nitrogen functional groups attached to an aromatic ring is 1. The maximum atomic E-state index is 12.2. The summed E-state index contributed by atoms with van der Waals surface area (Å²) in [6.45, 7) is 5.26. The molecule has 160 valence electrons. The highest BCUT2D eigenvalue weighted by molar-refractivity contribution is 6.07. The molecule has 0 amide bonds. The van der Waals surface area contributed by atoms with Crippen LogP contribution >= 0.6 is 0 Å². The Balaban J connectivity index is 1.64. The smallest absolute Gasteiger partial charge is 0.342 e. The summed E-state index contributed by atoms with van der Waals surface area (Å²) in [6, 6.07) is 7.41. The highest BCUT2D eigenvalue weighted by Gasteiger charge is 2.24. The van der Waals surface area contributed by atoms with Crippen LogP contribution in [0.15, 0.2) is 28.7 Å². The molecule has 0 unspecified atom stereocenters. The minimum atomic E-state index is -0.496. The number of rotatable bonds is 9. The van der Waals surface area contributed by atoms with Crippen LogP contribution in [0.3, 0.4) is 0 Å². The van der Waals surface area contributed by atoms with Crippen molar-refractivity contribution in [3.8, 4) is 11.5 Å². The molecule has 0 radical (unpaired) electrons. The van der Waals surface area contributed by atoms with Gasteiger partial charge in [-0.2, -0.15) is 4.98 Å². The number of aryl methyl sites for hydroxylation is 1. The Morgan fingerprint density at radius 2 is 1.90 bits per heavy atom. The Bertz CT molecular complexity index is 1020. The highest BCUT2D eigenvalue weighted by Crippen LogP contribution is 2.29. The Morgan fingerprint density at radius 3 is 2.57 bits per heavy atom. The molecule has 3 rings (SSSR count). The molecule has 3 aromatic rings. The Hall–Kier alpha value is -3.33. The number of nitrogens with zero attached hydrogens (tertiary/aromatic N) is 3. The number of ether oxygens (including phenoxy) is 3. The highest BCUT2D eigenvalue weighted by atomic mass is 16.5. The lowest BCUT2D eigenvalue weighted by atomic mass is 10.2. The molecule has 0 aliphatic rings. The van der Waals surface area contributed by atoms with Gasteiger partial charge in [-0.15, -0.1) is 0 Å². The van der Waals surface area contributed by atoms with Crippen LogP contribution in [0.2, 0.25) is 0 Å². The van der Waals surface area contributed by atoms with Crippen LogP contribution in [0.25, 0.3) is 11.1 Å². The third kappa shape index (κ3) is 4.80. The zero-order valence-corrected chi connectivity index (χ0v) is 17.6. The fourth-order valence-corrected chi connectivity index (χ4v) is 3.02. The SMILES string of the molecule is CCOC(=O)c1c(C)oc2nc(CN(C)CCOc3ccc(OC)cc3)nc(N)c12. The van der Waals surface area contributed by atoms with E-state index >= 15 is 0 Å². The zero-order valence-electron chi connectivity index (χ0n) is 17.6. The number of aromatic nitrogens is 2. The van der Waals surface area contributed by atoms with E-state index in [2.05, 4.69) is 9.97 Å². The quantitative estimate of drug-likeness (QED) is 0.528. The molecule has 0 aliphatic heterocycles. The first kappa shape index (κ1) is 21.4. The molecule has 0 aliphatic carbocycles. The fourth-order valence-electron chi connectivity index (χ4n) is 3.02. The van der Waals surface area contributed by atoms with Crippen LogP contribution in [0.4, 0.5) is 5.82 Å². The van der Waals surface area contributed by atoms with Crippen molar-refractivity contribution in [1.82, 2.24) is 14.9 Å². The number of nitrogens with two attached hydrogens (primary N) is 1. The van der Waals surface area contributed by atoms with Gasteiger partial charge in [-0.3, -0.25) is 4.90 Å². The number of anilines is 1. The van der Waals surface area contributed by atoms with Crippen LogP contribution < -0.4 is 15.2 Å². The number of methoxy groups -OCH3 is 1. The third-order valence-electron chi connectivity index (χ3n) is 4.49. The molecule has 0 fully saturated rings. The van der Waals surface area contributed by atoms with E-state index in [1.165, 1.54) is 0 Å². The zero-order chi connectivity index (χ0) is 21.7. The van der Waals surface area contributed by atoms with Crippen LogP contribution in [0.1, 0.15) is 28.9 Å². The van der Waals surface area contributed by atoms with Crippen molar-refractivity contribution < 1.29 is 23.4 Å². The lowest BCUT2D eigenvalue weighted by molar-refractivity contribution is 0.0526. The summed E-state index contributed by atoms with van der Waals surface area (Å²) in [5.74, 6) is 2.15. The number of benzene rings is 1. The topological polar surface area (TPSA) is 113 Å². The van der Waals surface area contributed by atoms with Crippen LogP contribution in [0, 0.1) is 6.92 Å². The lowest BCUT2D eigenvalue weighted by Crippen LogP contribution is -2.25. The van der Waals surface area contributed by atoms with Crippen molar-refractivity contribution in [3.05, 3.63) is 41.4 Å². The molecule has 30 heavy (non-hydrogen) atoms. The van der Waals surface area contributed by atoms with Gasteiger partial charge in [0.15, 0.2) is 0 Å². The van der Waals surface area contributed by atoms with Crippen molar-refractivity contribution in [2.45, 2.75) is 20.4 Å². The average Bonchev–Trinajstić information content (AvgIpc) is 3.05. The summed E-state index contributed by atoms with van der Waals surface area (Å²) >= 11 is 0. The summed E-state index contributed by atoms with van der Waals surface area (Å²) in [7, 11) is 3.55. The second-order valence-electron chi connectivity index (χ2n) is 6.72. The number of hydrogen-bond acceptors (Lipinski definition) is 9. The molecule has 9 nitrogen and oxygen atoms in total. The molecular weight excluding hydrogens is 388 g/mol. The van der Waals surface area contributed by atoms with E-state index in [0.717, 1.165) is 11.5 Å². The van der Waals surface area contributed by atoms with E-state index in [0.29, 0.717) is 36.7 Å².